The van der Waals surface area contributed by atoms with E-state index in [1.807, 2.05) is 27.0 Å². The van der Waals surface area contributed by atoms with Gasteiger partial charge in [-0.3, -0.25) is 24.7 Å². The van der Waals surface area contributed by atoms with E-state index in [9.17, 15) is 25.1 Å². The lowest BCUT2D eigenvalue weighted by molar-refractivity contribution is -0.133. The highest BCUT2D eigenvalue weighted by molar-refractivity contribution is 7.99. The Morgan fingerprint density at radius 3 is 2.70 bits per heavy atom. The molecule has 1 aromatic heterocycles. The van der Waals surface area contributed by atoms with Crippen LogP contribution in [0, 0.1) is 25.2 Å². The largest absolute Gasteiger partial charge is 0.508 e. The van der Waals surface area contributed by atoms with Gasteiger partial charge in [-0.05, 0) is 68.6 Å². The van der Waals surface area contributed by atoms with E-state index in [2.05, 4.69) is 32.2 Å². The zero-order chi connectivity index (χ0) is 39.7. The summed E-state index contributed by atoms with van der Waals surface area (Å²) >= 11 is 1.54. The zero-order valence-corrected chi connectivity index (χ0v) is 33.0. The van der Waals surface area contributed by atoms with Crippen LogP contribution in [-0.2, 0) is 32.7 Å². The number of carbonyl (C=O) groups is 2. The molecule has 1 unspecified atom stereocenters. The second kappa shape index (κ2) is 13.0. The van der Waals surface area contributed by atoms with E-state index in [-0.39, 0.29) is 49.1 Å². The van der Waals surface area contributed by atoms with Gasteiger partial charge in [-0.2, -0.15) is 5.26 Å². The molecule has 7 aliphatic rings. The van der Waals surface area contributed by atoms with E-state index >= 15 is 0 Å². The third-order valence-corrected chi connectivity index (χ3v) is 14.6. The Hall–Kier alpha value is -4.98. The third kappa shape index (κ3) is 4.97. The van der Waals surface area contributed by atoms with Gasteiger partial charge in [0.25, 0.3) is 0 Å². The van der Waals surface area contributed by atoms with Crippen LogP contribution in [0.5, 0.6) is 34.5 Å². The van der Waals surface area contributed by atoms with Gasteiger partial charge >= 0.3 is 5.97 Å². The number of thioether (sulfide) groups is 1. The highest BCUT2D eigenvalue weighted by Gasteiger charge is 2.61. The van der Waals surface area contributed by atoms with Gasteiger partial charge in [-0.15, -0.1) is 11.8 Å². The van der Waals surface area contributed by atoms with Crippen molar-refractivity contribution in [2.45, 2.75) is 74.6 Å². The number of ether oxygens (including phenoxy) is 5. The molecule has 4 N–H and O–H groups in total. The number of hydrogen-bond acceptors (Lipinski definition) is 14. The topological polar surface area (TPSA) is 179 Å². The van der Waals surface area contributed by atoms with E-state index in [1.165, 1.54) is 6.92 Å². The predicted molar refractivity (Wildman–Crippen MR) is 208 cm³/mol. The number of aromatic nitrogens is 1. The Morgan fingerprint density at radius 1 is 1.12 bits per heavy atom. The monoisotopic (exact) mass is 793 g/mol. The normalized spacial score (nSPS) is 28.9. The second-order valence-electron chi connectivity index (χ2n) is 16.0. The molecule has 0 radical (unpaired) electrons. The third-order valence-electron chi connectivity index (χ3n) is 13.1. The van der Waals surface area contributed by atoms with Crippen LogP contribution in [0.1, 0.15) is 68.9 Å². The summed E-state index contributed by atoms with van der Waals surface area (Å²) in [7, 11) is 3.55. The highest BCUT2D eigenvalue weighted by Crippen LogP contribution is 2.64. The minimum atomic E-state index is -1.24. The maximum atomic E-state index is 14.9. The molecule has 0 amide bonds. The molecule has 296 valence electrons. The highest BCUT2D eigenvalue weighted by atomic mass is 32.2. The first-order chi connectivity index (χ1) is 27.5. The Balaban J connectivity index is 1.26. The van der Waals surface area contributed by atoms with E-state index in [1.54, 1.807) is 31.0 Å². The number of fused-ring (bicyclic) bond motifs is 12. The average Bonchev–Trinajstić information content (AvgIpc) is 3.81. The number of H-pyrrole nitrogens is 1. The zero-order valence-electron chi connectivity index (χ0n) is 32.2. The molecule has 7 aliphatic heterocycles. The Morgan fingerprint density at radius 2 is 1.93 bits per heavy atom. The number of esters is 1. The number of methoxy groups -OCH3 is 1. The number of nitrogens with zero attached hydrogens (tertiary/aromatic N) is 3. The maximum absolute atomic E-state index is 14.9. The molecular weight excluding hydrogens is 751 g/mol. The number of likely N-dealkylation sites (N-methyl/N-ethyl adjacent to an activating group) is 1. The molecule has 57 heavy (non-hydrogen) atoms. The number of rotatable bonds is 2. The number of piperazine rings is 1. The minimum Gasteiger partial charge on any atom is -0.508 e. The SMILES string of the molecule is COc1c(C)cc2c(c1O)[C@@H]1C3[C@@H]4SC[C@]5(NCCc6c5[nH]c5ccc(O)cc65)C(=O)COC[C@H](c5c6c(c(C)c(OC(C)=O)c54)OCO6)N3[C@@H](C#N)[C@H](C2)N1C. The first-order valence-electron chi connectivity index (χ1n) is 19.2. The number of aromatic amines is 1. The number of ketones is 1. The summed E-state index contributed by atoms with van der Waals surface area (Å²) in [5.74, 6) is 1.45. The first-order valence-corrected chi connectivity index (χ1v) is 20.3. The number of nitriles is 1. The van der Waals surface area contributed by atoms with Crippen molar-refractivity contribution in [1.82, 2.24) is 20.1 Å². The lowest BCUT2D eigenvalue weighted by atomic mass is 9.71. The van der Waals surface area contributed by atoms with Crippen LogP contribution in [0.15, 0.2) is 24.3 Å². The summed E-state index contributed by atoms with van der Waals surface area (Å²) in [5.41, 5.74) is 5.72. The summed E-state index contributed by atoms with van der Waals surface area (Å²) in [5, 5.41) is 37.7. The molecule has 1 spiro atoms. The fourth-order valence-electron chi connectivity index (χ4n) is 10.8. The van der Waals surface area contributed by atoms with Crippen molar-refractivity contribution in [3.63, 3.8) is 0 Å². The van der Waals surface area contributed by atoms with Gasteiger partial charge in [0, 0.05) is 70.2 Å². The number of phenolic OH excluding ortho intramolecular Hbond substituents is 2. The van der Waals surface area contributed by atoms with E-state index in [4.69, 9.17) is 23.7 Å². The van der Waals surface area contributed by atoms with Crippen molar-refractivity contribution in [3.05, 3.63) is 68.9 Å². The molecule has 4 aromatic rings. The van der Waals surface area contributed by atoms with Gasteiger partial charge in [-0.1, -0.05) is 6.07 Å². The van der Waals surface area contributed by atoms with E-state index in [0.29, 0.717) is 59.1 Å². The van der Waals surface area contributed by atoms with E-state index < -0.39 is 40.9 Å². The van der Waals surface area contributed by atoms with Gasteiger partial charge in [0.2, 0.25) is 6.79 Å². The number of hydrogen-bond donors (Lipinski definition) is 4. The van der Waals surface area contributed by atoms with Crippen LogP contribution in [0.3, 0.4) is 0 Å². The number of carbonyl (C=O) groups excluding carboxylic acids is 2. The van der Waals surface area contributed by atoms with Crippen LogP contribution < -0.4 is 24.3 Å². The smallest absolute Gasteiger partial charge is 0.308 e. The van der Waals surface area contributed by atoms with Crippen molar-refractivity contribution >= 4 is 34.4 Å². The summed E-state index contributed by atoms with van der Waals surface area (Å²) in [4.78, 5) is 35.9. The number of nitrogens with one attached hydrogen (secondary N) is 2. The number of aromatic hydroxyl groups is 2. The summed E-state index contributed by atoms with van der Waals surface area (Å²) in [6.45, 7) is 5.36. The molecule has 0 aliphatic carbocycles. The van der Waals surface area contributed by atoms with E-state index in [0.717, 1.165) is 38.9 Å². The Kier molecular flexibility index (Phi) is 8.31. The molecule has 8 heterocycles. The van der Waals surface area contributed by atoms with Crippen molar-refractivity contribution < 1.29 is 43.5 Å². The van der Waals surface area contributed by atoms with Crippen LogP contribution in [0.2, 0.25) is 0 Å². The van der Waals surface area contributed by atoms with Crippen molar-refractivity contribution in [2.75, 3.05) is 46.5 Å². The minimum absolute atomic E-state index is 0.00586. The van der Waals surface area contributed by atoms with Crippen LogP contribution >= 0.6 is 11.8 Å². The average molecular weight is 794 g/mol. The van der Waals surface area contributed by atoms with Crippen LogP contribution in [0.4, 0.5) is 0 Å². The fourth-order valence-corrected chi connectivity index (χ4v) is 12.6. The molecule has 7 atom stereocenters. The van der Waals surface area contributed by atoms with Crippen LogP contribution in [0.25, 0.3) is 10.9 Å². The fraction of sp³-hybridized carbons (Fsp3) is 0.452. The predicted octanol–water partition coefficient (Wildman–Crippen LogP) is 4.50. The first kappa shape index (κ1) is 36.4. The van der Waals surface area contributed by atoms with Gasteiger partial charge in [0.15, 0.2) is 28.8 Å². The number of Topliss-reactive ketones (excluding diaryl/α,β-unsaturated/α-hetero) is 1. The van der Waals surface area contributed by atoms with Crippen molar-refractivity contribution in [1.29, 1.82) is 5.26 Å². The van der Waals surface area contributed by atoms with Gasteiger partial charge in [0.05, 0.1) is 37.1 Å². The molecule has 11 rings (SSSR count). The molecular formula is C42H43N5O9S. The summed E-state index contributed by atoms with van der Waals surface area (Å²) in [6.07, 6.45) is 1.15. The van der Waals surface area contributed by atoms with Gasteiger partial charge < -0.3 is 38.9 Å². The number of aryl methyl sites for hydroxylation is 1. The summed E-state index contributed by atoms with van der Waals surface area (Å²) < 4.78 is 30.9. The molecule has 14 nitrogen and oxygen atoms in total. The van der Waals surface area contributed by atoms with Crippen molar-refractivity contribution in [3.8, 4) is 40.6 Å². The molecule has 15 heteroatoms. The Bertz CT molecular complexity index is 2460. The van der Waals surface area contributed by atoms with Crippen LogP contribution in [-0.4, -0.2) is 101 Å². The summed E-state index contributed by atoms with van der Waals surface area (Å²) in [6, 6.07) is 7.36. The lowest BCUT2D eigenvalue weighted by Crippen LogP contribution is -2.69. The molecule has 2 saturated heterocycles. The number of phenols is 2. The quantitative estimate of drug-likeness (QED) is 0.165. The standard InChI is InChI=1S/C42H43N5O9S/c1-18-10-21-11-26-27(13-43)47-28-14-53-15-29(50)42(41-23(8-9-44-42)24-12-22(49)6-7-25(24)45-41)16-57-40(34(47)33(46(26)4)30(21)35(51)36(18)52-5)32-31(28)39-38(54-17-55-39)19(2)37(32)56-20(3)48/h6-7,10,12,26-28,33-34,40,44-45,49,51H,8-9,11,14-17H2,1-5H3/t26-,27-,28+,33+,34?,40+,42-/m0/s1. The van der Waals surface area contributed by atoms with Gasteiger partial charge in [0.1, 0.15) is 29.7 Å². The molecule has 2 fully saturated rings. The maximum Gasteiger partial charge on any atom is 0.308 e. The molecule has 3 aromatic carbocycles. The second-order valence-corrected chi connectivity index (χ2v) is 17.1. The number of benzene rings is 3. The van der Waals surface area contributed by atoms with Gasteiger partial charge in [-0.25, -0.2) is 0 Å². The van der Waals surface area contributed by atoms with Crippen molar-refractivity contribution in [2.24, 2.45) is 0 Å². The Labute approximate surface area is 332 Å². The molecule has 0 saturated carbocycles. The molecule has 4 bridgehead atoms. The lowest BCUT2D eigenvalue weighted by Gasteiger charge is -2.61.